The molecule has 0 N–H and O–H groups in total. The molecule has 1 aliphatic rings. The first-order chi connectivity index (χ1) is 9.92. The van der Waals surface area contributed by atoms with Crippen molar-refractivity contribution in [3.05, 3.63) is 28.8 Å². The number of nitrogens with zero attached hydrogens (tertiary/aromatic N) is 2. The molecule has 2 rings (SSSR count). The van der Waals surface area contributed by atoms with Crippen molar-refractivity contribution >= 4 is 17.4 Å². The maximum Gasteiger partial charge on any atom is 0.176 e. The van der Waals surface area contributed by atoms with Gasteiger partial charge in [-0.3, -0.25) is 9.69 Å². The van der Waals surface area contributed by atoms with E-state index in [9.17, 15) is 4.79 Å². The van der Waals surface area contributed by atoms with Crippen LogP contribution in [-0.4, -0.2) is 62.5 Å². The number of likely N-dealkylation sites (tertiary alicyclic amines) is 1. The van der Waals surface area contributed by atoms with E-state index in [0.717, 1.165) is 13.1 Å². The second kappa shape index (κ2) is 6.77. The molecule has 1 fully saturated rings. The van der Waals surface area contributed by atoms with Crippen LogP contribution < -0.4 is 4.74 Å². The maximum absolute atomic E-state index is 12.4. The van der Waals surface area contributed by atoms with Crippen LogP contribution in [0, 0.1) is 5.92 Å². The zero-order valence-electron chi connectivity index (χ0n) is 13.1. The monoisotopic (exact) mass is 310 g/mol. The molecule has 5 heteroatoms. The number of carbonyl (C=O) groups is 1. The molecule has 0 amide bonds. The van der Waals surface area contributed by atoms with Crippen molar-refractivity contribution in [3.8, 4) is 5.75 Å². The summed E-state index contributed by atoms with van der Waals surface area (Å²) in [4.78, 5) is 16.8. The first kappa shape index (κ1) is 16.3. The van der Waals surface area contributed by atoms with Gasteiger partial charge in [-0.05, 0) is 38.2 Å². The number of ketones is 1. The molecule has 116 valence electrons. The lowest BCUT2D eigenvalue weighted by molar-refractivity contribution is 0.0941. The van der Waals surface area contributed by atoms with Crippen molar-refractivity contribution in [2.75, 3.05) is 40.8 Å². The summed E-state index contributed by atoms with van der Waals surface area (Å²) in [7, 11) is 5.75. The Morgan fingerprint density at radius 1 is 1.43 bits per heavy atom. The standard InChI is InChI=1S/C16H23ClN2O2/c1-11-8-19(9-14(11)18(2)3)10-15(20)12-5-6-16(21-4)13(17)7-12/h5-7,11,14H,8-10H2,1-4H3. The number of rotatable bonds is 5. The van der Waals surface area contributed by atoms with Crippen molar-refractivity contribution < 1.29 is 9.53 Å². The molecule has 1 heterocycles. The fourth-order valence-corrected chi connectivity index (χ4v) is 3.24. The van der Waals surface area contributed by atoms with Gasteiger partial charge in [-0.2, -0.15) is 0 Å². The van der Waals surface area contributed by atoms with Gasteiger partial charge in [-0.1, -0.05) is 18.5 Å². The number of Topliss-reactive ketones (excluding diaryl/α,β-unsaturated/α-hetero) is 1. The Balaban J connectivity index is 2.01. The number of hydrogen-bond acceptors (Lipinski definition) is 4. The Kier molecular flexibility index (Phi) is 5.25. The summed E-state index contributed by atoms with van der Waals surface area (Å²) < 4.78 is 5.11. The van der Waals surface area contributed by atoms with Crippen LogP contribution in [0.3, 0.4) is 0 Å². The van der Waals surface area contributed by atoms with Gasteiger partial charge in [0.15, 0.2) is 5.78 Å². The van der Waals surface area contributed by atoms with E-state index in [1.165, 1.54) is 0 Å². The summed E-state index contributed by atoms with van der Waals surface area (Å²) in [6.45, 7) is 4.57. The van der Waals surface area contributed by atoms with E-state index in [1.54, 1.807) is 25.3 Å². The molecule has 1 aliphatic heterocycles. The van der Waals surface area contributed by atoms with Gasteiger partial charge in [0.25, 0.3) is 0 Å². The van der Waals surface area contributed by atoms with Crippen molar-refractivity contribution in [2.24, 2.45) is 5.92 Å². The lowest BCUT2D eigenvalue weighted by atomic mass is 10.1. The minimum absolute atomic E-state index is 0.103. The lowest BCUT2D eigenvalue weighted by Crippen LogP contribution is -2.35. The van der Waals surface area contributed by atoms with Gasteiger partial charge in [0.2, 0.25) is 0 Å². The van der Waals surface area contributed by atoms with E-state index in [4.69, 9.17) is 16.3 Å². The Morgan fingerprint density at radius 3 is 2.67 bits per heavy atom. The Hall–Kier alpha value is -1.10. The van der Waals surface area contributed by atoms with E-state index in [0.29, 0.717) is 34.8 Å². The number of hydrogen-bond donors (Lipinski definition) is 0. The van der Waals surface area contributed by atoms with Gasteiger partial charge in [0, 0.05) is 24.7 Å². The summed E-state index contributed by atoms with van der Waals surface area (Å²) in [5.74, 6) is 1.27. The van der Waals surface area contributed by atoms with Crippen LogP contribution >= 0.6 is 11.6 Å². The molecule has 0 radical (unpaired) electrons. The van der Waals surface area contributed by atoms with E-state index < -0.39 is 0 Å². The fraction of sp³-hybridized carbons (Fsp3) is 0.562. The number of benzene rings is 1. The third kappa shape index (κ3) is 3.76. The number of halogens is 1. The van der Waals surface area contributed by atoms with Crippen LogP contribution in [0.25, 0.3) is 0 Å². The summed E-state index contributed by atoms with van der Waals surface area (Å²) in [6.07, 6.45) is 0. The van der Waals surface area contributed by atoms with Crippen LogP contribution in [-0.2, 0) is 0 Å². The molecule has 0 saturated carbocycles. The van der Waals surface area contributed by atoms with Gasteiger partial charge < -0.3 is 9.64 Å². The third-order valence-electron chi connectivity index (χ3n) is 4.15. The van der Waals surface area contributed by atoms with E-state index in [-0.39, 0.29) is 5.78 Å². The highest BCUT2D eigenvalue weighted by molar-refractivity contribution is 6.32. The van der Waals surface area contributed by atoms with Crippen LogP contribution in [0.2, 0.25) is 5.02 Å². The number of methoxy groups -OCH3 is 1. The highest BCUT2D eigenvalue weighted by Crippen LogP contribution is 2.26. The smallest absolute Gasteiger partial charge is 0.176 e. The van der Waals surface area contributed by atoms with Gasteiger partial charge >= 0.3 is 0 Å². The first-order valence-electron chi connectivity index (χ1n) is 7.18. The number of carbonyl (C=O) groups excluding carboxylic acids is 1. The van der Waals surface area contributed by atoms with Gasteiger partial charge in [0.05, 0.1) is 18.7 Å². The number of ether oxygens (including phenoxy) is 1. The van der Waals surface area contributed by atoms with E-state index in [2.05, 4.69) is 30.8 Å². The fourth-order valence-electron chi connectivity index (χ4n) is 2.98. The largest absolute Gasteiger partial charge is 0.495 e. The molecule has 0 bridgehead atoms. The normalized spacial score (nSPS) is 22.8. The van der Waals surface area contributed by atoms with Crippen LogP contribution in [0.5, 0.6) is 5.75 Å². The van der Waals surface area contributed by atoms with Crippen LogP contribution in [0.1, 0.15) is 17.3 Å². The number of likely N-dealkylation sites (N-methyl/N-ethyl adjacent to an activating group) is 1. The van der Waals surface area contributed by atoms with Gasteiger partial charge in [0.1, 0.15) is 5.75 Å². The van der Waals surface area contributed by atoms with E-state index >= 15 is 0 Å². The van der Waals surface area contributed by atoms with Crippen molar-refractivity contribution in [1.29, 1.82) is 0 Å². The molecule has 21 heavy (non-hydrogen) atoms. The average Bonchev–Trinajstić information content (AvgIpc) is 2.79. The third-order valence-corrected chi connectivity index (χ3v) is 4.45. The van der Waals surface area contributed by atoms with Crippen molar-refractivity contribution in [1.82, 2.24) is 9.80 Å². The molecule has 1 saturated heterocycles. The lowest BCUT2D eigenvalue weighted by Gasteiger charge is -2.22. The second-order valence-corrected chi connectivity index (χ2v) is 6.38. The first-order valence-corrected chi connectivity index (χ1v) is 7.55. The summed E-state index contributed by atoms with van der Waals surface area (Å²) >= 11 is 6.08. The summed E-state index contributed by atoms with van der Waals surface area (Å²) in [5.41, 5.74) is 0.641. The molecule has 2 atom stereocenters. The maximum atomic E-state index is 12.4. The highest BCUT2D eigenvalue weighted by Gasteiger charge is 2.31. The summed E-state index contributed by atoms with van der Waals surface area (Å²) in [5, 5.41) is 0.476. The molecule has 1 aromatic rings. The molecule has 2 unspecified atom stereocenters. The molecular formula is C16H23ClN2O2. The van der Waals surface area contributed by atoms with Crippen molar-refractivity contribution in [3.63, 3.8) is 0 Å². The molecule has 4 nitrogen and oxygen atoms in total. The predicted octanol–water partition coefficient (Wildman–Crippen LogP) is 2.41. The molecule has 0 aromatic heterocycles. The Bertz CT molecular complexity index is 519. The van der Waals surface area contributed by atoms with Crippen molar-refractivity contribution in [2.45, 2.75) is 13.0 Å². The SMILES string of the molecule is COc1ccc(C(=O)CN2CC(C)C(N(C)C)C2)cc1Cl. The van der Waals surface area contributed by atoms with Gasteiger partial charge in [-0.15, -0.1) is 0 Å². The molecule has 1 aromatic carbocycles. The zero-order chi connectivity index (χ0) is 15.6. The quantitative estimate of drug-likeness (QED) is 0.782. The molecule has 0 aliphatic carbocycles. The van der Waals surface area contributed by atoms with Crippen LogP contribution in [0.15, 0.2) is 18.2 Å². The minimum Gasteiger partial charge on any atom is -0.495 e. The Morgan fingerprint density at radius 2 is 2.14 bits per heavy atom. The highest BCUT2D eigenvalue weighted by atomic mass is 35.5. The zero-order valence-corrected chi connectivity index (χ0v) is 13.9. The molecular weight excluding hydrogens is 288 g/mol. The minimum atomic E-state index is 0.103. The van der Waals surface area contributed by atoms with Gasteiger partial charge in [-0.25, -0.2) is 0 Å². The average molecular weight is 311 g/mol. The molecule has 0 spiro atoms. The van der Waals surface area contributed by atoms with Crippen LogP contribution in [0.4, 0.5) is 0 Å². The Labute approximate surface area is 131 Å². The predicted molar refractivity (Wildman–Crippen MR) is 85.4 cm³/mol. The second-order valence-electron chi connectivity index (χ2n) is 5.97. The summed E-state index contributed by atoms with van der Waals surface area (Å²) in [6, 6.07) is 5.71. The topological polar surface area (TPSA) is 32.8 Å². The van der Waals surface area contributed by atoms with E-state index in [1.807, 2.05) is 0 Å².